The van der Waals surface area contributed by atoms with Crippen LogP contribution in [0.2, 0.25) is 0 Å². The third-order valence-electron chi connectivity index (χ3n) is 1.88. The molecule has 0 saturated heterocycles. The van der Waals surface area contributed by atoms with Gasteiger partial charge in [-0.15, -0.1) is 0 Å². The van der Waals surface area contributed by atoms with E-state index < -0.39 is 27.4 Å². The highest BCUT2D eigenvalue weighted by molar-refractivity contribution is 7.89. The van der Waals surface area contributed by atoms with Crippen LogP contribution in [-0.2, 0) is 14.8 Å². The maximum absolute atomic E-state index is 11.4. The van der Waals surface area contributed by atoms with E-state index in [4.69, 9.17) is 5.11 Å². The molecule has 90 valence electrons. The van der Waals surface area contributed by atoms with Crippen LogP contribution in [0.5, 0.6) is 0 Å². The molecule has 0 radical (unpaired) electrons. The number of carboxylic acid groups (broad SMARTS) is 1. The lowest BCUT2D eigenvalue weighted by molar-refractivity contribution is -0.141. The van der Waals surface area contributed by atoms with Crippen molar-refractivity contribution in [1.29, 1.82) is 0 Å². The predicted molar refractivity (Wildman–Crippen MR) is 58.1 cm³/mol. The van der Waals surface area contributed by atoms with Crippen molar-refractivity contribution >= 4 is 16.0 Å². The van der Waals surface area contributed by atoms with Gasteiger partial charge in [0.25, 0.3) is 0 Å². The van der Waals surface area contributed by atoms with Crippen molar-refractivity contribution in [1.82, 2.24) is 4.72 Å². The van der Waals surface area contributed by atoms with E-state index >= 15 is 0 Å². The second-order valence-electron chi connectivity index (χ2n) is 4.57. The summed E-state index contributed by atoms with van der Waals surface area (Å²) in [7, 11) is -3.49. The van der Waals surface area contributed by atoms with Crippen LogP contribution in [0.1, 0.15) is 34.1 Å². The van der Waals surface area contributed by atoms with E-state index in [0.29, 0.717) is 6.42 Å². The Hall–Kier alpha value is -0.620. The van der Waals surface area contributed by atoms with Crippen molar-refractivity contribution in [3.8, 4) is 0 Å². The summed E-state index contributed by atoms with van der Waals surface area (Å²) in [6.45, 7) is 6.77. The molecule has 0 aliphatic heterocycles. The monoisotopic (exact) mass is 237 g/mol. The third-order valence-corrected chi connectivity index (χ3v) is 3.42. The van der Waals surface area contributed by atoms with Gasteiger partial charge in [-0.25, -0.2) is 13.1 Å². The zero-order valence-corrected chi connectivity index (χ0v) is 10.4. The van der Waals surface area contributed by atoms with Gasteiger partial charge in [-0.2, -0.15) is 0 Å². The van der Waals surface area contributed by atoms with E-state index in [1.165, 1.54) is 0 Å². The van der Waals surface area contributed by atoms with Gasteiger partial charge in [-0.3, -0.25) is 4.79 Å². The fourth-order valence-corrected chi connectivity index (χ4v) is 2.57. The predicted octanol–water partition coefficient (Wildman–Crippen LogP) is 0.815. The maximum Gasteiger partial charge on any atom is 0.322 e. The molecular weight excluding hydrogens is 218 g/mol. The van der Waals surface area contributed by atoms with Gasteiger partial charge in [0.1, 0.15) is 6.04 Å². The average Bonchev–Trinajstić information content (AvgIpc) is 1.97. The van der Waals surface area contributed by atoms with Crippen LogP contribution in [0.3, 0.4) is 0 Å². The molecule has 0 aromatic rings. The Morgan fingerprint density at radius 3 is 2.13 bits per heavy atom. The molecule has 5 nitrogen and oxygen atoms in total. The zero-order chi connectivity index (χ0) is 12.3. The summed E-state index contributed by atoms with van der Waals surface area (Å²) in [6, 6.07) is -1.09. The second kappa shape index (κ2) is 4.94. The van der Waals surface area contributed by atoms with Gasteiger partial charge in [0.05, 0.1) is 5.75 Å². The number of carbonyl (C=O) groups is 1. The summed E-state index contributed by atoms with van der Waals surface area (Å²) < 4.78 is 25.0. The molecule has 0 rings (SSSR count). The molecule has 0 amide bonds. The van der Waals surface area contributed by atoms with E-state index in [1.807, 2.05) is 0 Å². The number of hydrogen-bond acceptors (Lipinski definition) is 3. The molecule has 1 atom stereocenters. The van der Waals surface area contributed by atoms with Crippen molar-refractivity contribution in [2.24, 2.45) is 5.41 Å². The molecule has 0 aliphatic rings. The lowest BCUT2D eigenvalue weighted by Gasteiger charge is -2.27. The van der Waals surface area contributed by atoms with Gasteiger partial charge in [0.15, 0.2) is 0 Å². The number of rotatable bonds is 5. The Bertz CT molecular complexity index is 315. The van der Waals surface area contributed by atoms with Crippen LogP contribution < -0.4 is 4.72 Å². The maximum atomic E-state index is 11.4. The molecule has 0 aromatic heterocycles. The fraction of sp³-hybridized carbons (Fsp3) is 0.889. The normalized spacial score (nSPS) is 14.9. The Morgan fingerprint density at radius 2 is 1.87 bits per heavy atom. The van der Waals surface area contributed by atoms with Crippen molar-refractivity contribution in [2.45, 2.75) is 40.2 Å². The molecule has 0 fully saturated rings. The number of hydrogen-bond donors (Lipinski definition) is 2. The first-order valence-corrected chi connectivity index (χ1v) is 6.48. The molecule has 0 bridgehead atoms. The van der Waals surface area contributed by atoms with Gasteiger partial charge in [0, 0.05) is 0 Å². The molecule has 0 unspecified atom stereocenters. The molecule has 0 spiro atoms. The number of sulfonamides is 1. The van der Waals surface area contributed by atoms with E-state index in [0.717, 1.165) is 0 Å². The SMILES string of the molecule is CCCS(=O)(=O)N[C@@H](C(=O)O)C(C)(C)C. The van der Waals surface area contributed by atoms with Crippen LogP contribution in [0.15, 0.2) is 0 Å². The highest BCUT2D eigenvalue weighted by Gasteiger charge is 2.34. The number of nitrogens with one attached hydrogen (secondary N) is 1. The zero-order valence-electron chi connectivity index (χ0n) is 9.57. The largest absolute Gasteiger partial charge is 0.480 e. The third kappa shape index (κ3) is 5.13. The van der Waals surface area contributed by atoms with E-state index in [-0.39, 0.29) is 5.75 Å². The Morgan fingerprint density at radius 1 is 1.40 bits per heavy atom. The van der Waals surface area contributed by atoms with Crippen molar-refractivity contribution in [2.75, 3.05) is 5.75 Å². The van der Waals surface area contributed by atoms with Gasteiger partial charge in [0.2, 0.25) is 10.0 Å². The first kappa shape index (κ1) is 14.4. The minimum Gasteiger partial charge on any atom is -0.480 e. The molecule has 0 heterocycles. The number of aliphatic carboxylic acids is 1. The molecule has 0 aliphatic carbocycles. The molecule has 0 saturated carbocycles. The summed E-state index contributed by atoms with van der Waals surface area (Å²) >= 11 is 0. The summed E-state index contributed by atoms with van der Waals surface area (Å²) in [5.41, 5.74) is -0.646. The van der Waals surface area contributed by atoms with Gasteiger partial charge in [-0.1, -0.05) is 27.7 Å². The summed E-state index contributed by atoms with van der Waals surface area (Å²) in [4.78, 5) is 10.9. The van der Waals surface area contributed by atoms with Crippen molar-refractivity contribution in [3.05, 3.63) is 0 Å². The van der Waals surface area contributed by atoms with Crippen molar-refractivity contribution < 1.29 is 18.3 Å². The molecular formula is C9H19NO4S. The topological polar surface area (TPSA) is 83.5 Å². The van der Waals surface area contributed by atoms with Crippen LogP contribution >= 0.6 is 0 Å². The summed E-state index contributed by atoms with van der Waals surface area (Å²) in [5.74, 6) is -1.20. The van der Waals surface area contributed by atoms with Crippen LogP contribution in [-0.4, -0.2) is 31.3 Å². The Balaban J connectivity index is 4.79. The Labute approximate surface area is 90.9 Å². The fourth-order valence-electron chi connectivity index (χ4n) is 1.10. The highest BCUT2D eigenvalue weighted by Crippen LogP contribution is 2.20. The van der Waals surface area contributed by atoms with E-state index in [1.54, 1.807) is 27.7 Å². The molecule has 6 heteroatoms. The van der Waals surface area contributed by atoms with E-state index in [2.05, 4.69) is 4.72 Å². The highest BCUT2D eigenvalue weighted by atomic mass is 32.2. The van der Waals surface area contributed by atoms with Crippen LogP contribution in [0, 0.1) is 5.41 Å². The average molecular weight is 237 g/mol. The van der Waals surface area contributed by atoms with Gasteiger partial charge < -0.3 is 5.11 Å². The van der Waals surface area contributed by atoms with Crippen LogP contribution in [0.25, 0.3) is 0 Å². The minimum absolute atomic E-state index is 0.0487. The first-order chi connectivity index (χ1) is 6.60. The van der Waals surface area contributed by atoms with Crippen LogP contribution in [0.4, 0.5) is 0 Å². The minimum atomic E-state index is -3.49. The molecule has 15 heavy (non-hydrogen) atoms. The lowest BCUT2D eigenvalue weighted by Crippen LogP contribution is -2.49. The number of carboxylic acids is 1. The second-order valence-corrected chi connectivity index (χ2v) is 6.45. The smallest absolute Gasteiger partial charge is 0.322 e. The van der Waals surface area contributed by atoms with Gasteiger partial charge in [-0.05, 0) is 11.8 Å². The first-order valence-electron chi connectivity index (χ1n) is 4.83. The molecule has 2 N–H and O–H groups in total. The molecule has 0 aromatic carbocycles. The van der Waals surface area contributed by atoms with E-state index in [9.17, 15) is 13.2 Å². The van der Waals surface area contributed by atoms with Crippen molar-refractivity contribution in [3.63, 3.8) is 0 Å². The van der Waals surface area contributed by atoms with Gasteiger partial charge >= 0.3 is 5.97 Å². The Kier molecular flexibility index (Phi) is 4.73. The standard InChI is InChI=1S/C9H19NO4S/c1-5-6-15(13,14)10-7(8(11)12)9(2,3)4/h7,10H,5-6H2,1-4H3,(H,11,12)/t7-/m0/s1. The lowest BCUT2D eigenvalue weighted by atomic mass is 9.88. The quantitative estimate of drug-likeness (QED) is 0.741. The summed E-state index contributed by atoms with van der Waals surface area (Å²) in [5, 5.41) is 8.91. The summed E-state index contributed by atoms with van der Waals surface area (Å²) in [6.07, 6.45) is 0.464.